The number of anilines is 1. The Morgan fingerprint density at radius 1 is 1.11 bits per heavy atom. The lowest BCUT2D eigenvalue weighted by Gasteiger charge is -2.18. The highest BCUT2D eigenvalue weighted by atomic mass is 15.2. The van der Waals surface area contributed by atoms with E-state index in [0.29, 0.717) is 0 Å². The molecule has 1 heterocycles. The van der Waals surface area contributed by atoms with Gasteiger partial charge < -0.3 is 15.1 Å². The largest absolute Gasteiger partial charge is 0.344 e. The van der Waals surface area contributed by atoms with Crippen LogP contribution in [-0.2, 0) is 6.54 Å². The maximum atomic E-state index is 4.39. The fourth-order valence-electron chi connectivity index (χ4n) is 1.63. The van der Waals surface area contributed by atoms with Crippen molar-refractivity contribution in [2.24, 2.45) is 0 Å². The molecule has 1 aromatic heterocycles. The first-order chi connectivity index (χ1) is 8.63. The second-order valence-corrected chi connectivity index (χ2v) is 4.75. The molecule has 0 saturated heterocycles. The van der Waals surface area contributed by atoms with E-state index in [2.05, 4.69) is 46.1 Å². The van der Waals surface area contributed by atoms with Crippen molar-refractivity contribution in [1.29, 1.82) is 0 Å². The van der Waals surface area contributed by atoms with Gasteiger partial charge in [-0.15, -0.1) is 0 Å². The summed E-state index contributed by atoms with van der Waals surface area (Å²) in [5.41, 5.74) is 1.13. The van der Waals surface area contributed by atoms with E-state index in [1.165, 1.54) is 0 Å². The summed E-state index contributed by atoms with van der Waals surface area (Å²) in [6.07, 6.45) is 4.91. The zero-order chi connectivity index (χ0) is 13.4. The van der Waals surface area contributed by atoms with Crippen LogP contribution in [0, 0.1) is 0 Å². The van der Waals surface area contributed by atoms with E-state index in [9.17, 15) is 0 Å². The summed E-state index contributed by atoms with van der Waals surface area (Å²) in [7, 11) is 6.22. The molecule has 0 amide bonds. The first kappa shape index (κ1) is 14.9. The van der Waals surface area contributed by atoms with Gasteiger partial charge in [0.1, 0.15) is 0 Å². The Bertz CT molecular complexity index is 323. The van der Waals surface area contributed by atoms with Gasteiger partial charge in [-0.25, -0.2) is 9.97 Å². The summed E-state index contributed by atoms with van der Waals surface area (Å²) in [6, 6.07) is 0. The third-order valence-electron chi connectivity index (χ3n) is 2.71. The monoisotopic (exact) mass is 251 g/mol. The highest BCUT2D eigenvalue weighted by Crippen LogP contribution is 2.05. The summed E-state index contributed by atoms with van der Waals surface area (Å²) >= 11 is 0. The van der Waals surface area contributed by atoms with E-state index in [0.717, 1.165) is 44.1 Å². The van der Waals surface area contributed by atoms with Crippen LogP contribution in [0.15, 0.2) is 12.4 Å². The topological polar surface area (TPSA) is 44.3 Å². The lowest BCUT2D eigenvalue weighted by atomic mass is 10.3. The summed E-state index contributed by atoms with van der Waals surface area (Å²) in [5.74, 6) is 0.800. The molecule has 0 saturated carbocycles. The Balaban J connectivity index is 2.40. The van der Waals surface area contributed by atoms with Crippen molar-refractivity contribution in [1.82, 2.24) is 20.2 Å². The molecule has 102 valence electrons. The fourth-order valence-corrected chi connectivity index (χ4v) is 1.63. The predicted octanol–water partition coefficient (Wildman–Crippen LogP) is 0.974. The lowest BCUT2D eigenvalue weighted by molar-refractivity contribution is 0.401. The number of aromatic nitrogens is 2. The van der Waals surface area contributed by atoms with Gasteiger partial charge in [0.05, 0.1) is 0 Å². The van der Waals surface area contributed by atoms with E-state index < -0.39 is 0 Å². The average Bonchev–Trinajstić information content (AvgIpc) is 2.36. The Morgan fingerprint density at radius 2 is 1.78 bits per heavy atom. The van der Waals surface area contributed by atoms with Crippen LogP contribution < -0.4 is 10.2 Å². The molecule has 18 heavy (non-hydrogen) atoms. The molecular weight excluding hydrogens is 226 g/mol. The van der Waals surface area contributed by atoms with Crippen molar-refractivity contribution in [3.05, 3.63) is 18.0 Å². The minimum atomic E-state index is 0.800. The molecule has 5 heteroatoms. The average molecular weight is 251 g/mol. The van der Waals surface area contributed by atoms with Crippen LogP contribution in [0.25, 0.3) is 0 Å². The molecule has 0 fully saturated rings. The van der Waals surface area contributed by atoms with E-state index in [1.54, 1.807) is 0 Å². The van der Waals surface area contributed by atoms with Crippen molar-refractivity contribution in [3.8, 4) is 0 Å². The number of rotatable bonds is 8. The third-order valence-corrected chi connectivity index (χ3v) is 2.71. The molecule has 5 nitrogen and oxygen atoms in total. The summed E-state index contributed by atoms with van der Waals surface area (Å²) < 4.78 is 0. The van der Waals surface area contributed by atoms with Gasteiger partial charge in [-0.3, -0.25) is 0 Å². The smallest absolute Gasteiger partial charge is 0.224 e. The number of hydrogen-bond donors (Lipinski definition) is 1. The van der Waals surface area contributed by atoms with Gasteiger partial charge in [-0.05, 0) is 33.6 Å². The fraction of sp³-hybridized carbons (Fsp3) is 0.692. The molecule has 0 aliphatic carbocycles. The van der Waals surface area contributed by atoms with Crippen molar-refractivity contribution in [3.63, 3.8) is 0 Å². The highest BCUT2D eigenvalue weighted by Gasteiger charge is 2.04. The molecule has 0 aliphatic heterocycles. The number of nitrogens with zero attached hydrogens (tertiary/aromatic N) is 4. The van der Waals surface area contributed by atoms with Crippen LogP contribution in [0.3, 0.4) is 0 Å². The Kier molecular flexibility index (Phi) is 6.60. The molecule has 1 N–H and O–H groups in total. The van der Waals surface area contributed by atoms with Gasteiger partial charge in [0.2, 0.25) is 5.95 Å². The Labute approximate surface area is 110 Å². The standard InChI is InChI=1S/C13H25N5/c1-5-14-9-12-10-15-13(16-11-12)18(4)8-6-7-17(2)3/h10-11,14H,5-9H2,1-4H3. The Morgan fingerprint density at radius 3 is 2.33 bits per heavy atom. The van der Waals surface area contributed by atoms with Crippen LogP contribution >= 0.6 is 0 Å². The molecule has 0 aromatic carbocycles. The molecule has 1 rings (SSSR count). The van der Waals surface area contributed by atoms with E-state index in [-0.39, 0.29) is 0 Å². The highest BCUT2D eigenvalue weighted by molar-refractivity contribution is 5.28. The van der Waals surface area contributed by atoms with Gasteiger partial charge >= 0.3 is 0 Å². The first-order valence-corrected chi connectivity index (χ1v) is 6.51. The maximum Gasteiger partial charge on any atom is 0.224 e. The van der Waals surface area contributed by atoms with Crippen molar-refractivity contribution in [2.75, 3.05) is 45.7 Å². The second-order valence-electron chi connectivity index (χ2n) is 4.75. The zero-order valence-corrected chi connectivity index (χ0v) is 12.0. The predicted molar refractivity (Wildman–Crippen MR) is 75.9 cm³/mol. The minimum Gasteiger partial charge on any atom is -0.344 e. The van der Waals surface area contributed by atoms with Crippen LogP contribution in [0.4, 0.5) is 5.95 Å². The van der Waals surface area contributed by atoms with Crippen molar-refractivity contribution in [2.45, 2.75) is 19.9 Å². The quantitative estimate of drug-likeness (QED) is 0.746. The van der Waals surface area contributed by atoms with E-state index >= 15 is 0 Å². The number of nitrogens with one attached hydrogen (secondary N) is 1. The van der Waals surface area contributed by atoms with Crippen LogP contribution in [0.1, 0.15) is 18.9 Å². The van der Waals surface area contributed by atoms with Gasteiger partial charge in [0.25, 0.3) is 0 Å². The van der Waals surface area contributed by atoms with Crippen molar-refractivity contribution >= 4 is 5.95 Å². The van der Waals surface area contributed by atoms with Gasteiger partial charge in [0.15, 0.2) is 0 Å². The first-order valence-electron chi connectivity index (χ1n) is 6.51. The molecule has 0 spiro atoms. The van der Waals surface area contributed by atoms with E-state index in [1.807, 2.05) is 19.4 Å². The zero-order valence-electron chi connectivity index (χ0n) is 12.0. The number of hydrogen-bond acceptors (Lipinski definition) is 5. The van der Waals surface area contributed by atoms with Crippen molar-refractivity contribution < 1.29 is 0 Å². The van der Waals surface area contributed by atoms with Gasteiger partial charge in [0, 0.05) is 38.1 Å². The second kappa shape index (κ2) is 8.00. The molecule has 0 atom stereocenters. The SMILES string of the molecule is CCNCc1cnc(N(C)CCCN(C)C)nc1. The van der Waals surface area contributed by atoms with Crippen LogP contribution in [0.5, 0.6) is 0 Å². The minimum absolute atomic E-state index is 0.800. The molecule has 0 unspecified atom stereocenters. The summed E-state index contributed by atoms with van der Waals surface area (Å²) in [4.78, 5) is 13.1. The van der Waals surface area contributed by atoms with Gasteiger partial charge in [-0.1, -0.05) is 6.92 Å². The van der Waals surface area contributed by atoms with Crippen LogP contribution in [-0.4, -0.2) is 55.6 Å². The molecule has 0 aliphatic rings. The maximum absolute atomic E-state index is 4.39. The normalized spacial score (nSPS) is 10.9. The summed E-state index contributed by atoms with van der Waals surface area (Å²) in [6.45, 7) is 5.95. The molecule has 0 radical (unpaired) electrons. The van der Waals surface area contributed by atoms with Gasteiger partial charge in [-0.2, -0.15) is 0 Å². The third kappa shape index (κ3) is 5.42. The molecular formula is C13H25N5. The Hall–Kier alpha value is -1.20. The summed E-state index contributed by atoms with van der Waals surface area (Å²) in [5, 5.41) is 3.26. The molecule has 1 aromatic rings. The molecule has 0 bridgehead atoms. The van der Waals surface area contributed by atoms with Crippen LogP contribution in [0.2, 0.25) is 0 Å². The van der Waals surface area contributed by atoms with E-state index in [4.69, 9.17) is 0 Å². The lowest BCUT2D eigenvalue weighted by Crippen LogP contribution is -2.25.